The van der Waals surface area contributed by atoms with Crippen LogP contribution in [0, 0.1) is 5.92 Å². The summed E-state index contributed by atoms with van der Waals surface area (Å²) in [6.45, 7) is 3.56. The molecule has 1 aliphatic heterocycles. The molecule has 10 heteroatoms. The molecule has 0 spiro atoms. The van der Waals surface area contributed by atoms with Gasteiger partial charge in [-0.1, -0.05) is 48.0 Å². The van der Waals surface area contributed by atoms with Gasteiger partial charge in [-0.05, 0) is 49.0 Å². The Kier molecular flexibility index (Phi) is 10.1. The maximum Gasteiger partial charge on any atom is 0.387 e. The van der Waals surface area contributed by atoms with Crippen molar-refractivity contribution in [1.82, 2.24) is 5.32 Å². The first kappa shape index (κ1) is 26.9. The zero-order valence-electron chi connectivity index (χ0n) is 18.7. The molecule has 1 saturated carbocycles. The fourth-order valence-electron chi connectivity index (χ4n) is 3.32. The Hall–Kier alpha value is -1.74. The first-order valence-corrected chi connectivity index (χ1v) is 12.7. The van der Waals surface area contributed by atoms with E-state index in [0.29, 0.717) is 40.3 Å². The molecular formula is C24H27Cl2F2NO4S. The van der Waals surface area contributed by atoms with Gasteiger partial charge in [0.1, 0.15) is 6.10 Å². The van der Waals surface area contributed by atoms with Gasteiger partial charge in [-0.2, -0.15) is 8.78 Å². The zero-order chi connectivity index (χ0) is 24.7. The summed E-state index contributed by atoms with van der Waals surface area (Å²) in [7, 11) is 0. The van der Waals surface area contributed by atoms with Gasteiger partial charge in [0.2, 0.25) is 0 Å². The van der Waals surface area contributed by atoms with Crippen molar-refractivity contribution in [2.45, 2.75) is 44.3 Å². The van der Waals surface area contributed by atoms with Crippen LogP contribution >= 0.6 is 35.0 Å². The van der Waals surface area contributed by atoms with E-state index in [1.807, 2.05) is 0 Å². The molecule has 1 N–H and O–H groups in total. The van der Waals surface area contributed by atoms with Gasteiger partial charge in [-0.15, -0.1) is 11.8 Å². The van der Waals surface area contributed by atoms with Gasteiger partial charge < -0.3 is 14.2 Å². The minimum absolute atomic E-state index is 0.0798. The van der Waals surface area contributed by atoms with Crippen LogP contribution in [-0.2, 0) is 9.53 Å². The van der Waals surface area contributed by atoms with Gasteiger partial charge in [-0.25, -0.2) is 4.79 Å². The van der Waals surface area contributed by atoms with Crippen molar-refractivity contribution in [2.75, 3.05) is 18.9 Å². The molecule has 0 amide bonds. The van der Waals surface area contributed by atoms with E-state index < -0.39 is 24.1 Å². The van der Waals surface area contributed by atoms with Gasteiger partial charge >= 0.3 is 12.6 Å². The van der Waals surface area contributed by atoms with Crippen LogP contribution in [0.1, 0.15) is 37.9 Å². The number of rotatable bonds is 12. The highest BCUT2D eigenvalue weighted by Crippen LogP contribution is 2.39. The maximum atomic E-state index is 12.9. The minimum atomic E-state index is -3.00. The SMILES string of the molecule is C=C/C(Cl)=C(C[C@H](OC(=O)[C@H]1NCCS1)c1ccc(OC(F)F)c(OCC2CC2)c1)\C(Cl)=C/C. The molecular weight excluding hydrogens is 507 g/mol. The number of hydrogen-bond acceptors (Lipinski definition) is 6. The Bertz CT molecular complexity index is 947. The fraction of sp³-hybridized carbons (Fsp3) is 0.458. The summed E-state index contributed by atoms with van der Waals surface area (Å²) in [6.07, 6.45) is 4.55. The van der Waals surface area contributed by atoms with Crippen LogP contribution in [0.5, 0.6) is 11.5 Å². The second kappa shape index (κ2) is 12.8. The van der Waals surface area contributed by atoms with Crippen molar-refractivity contribution in [3.05, 3.63) is 58.1 Å². The van der Waals surface area contributed by atoms with Crippen LogP contribution in [-0.4, -0.2) is 36.9 Å². The molecule has 1 aliphatic carbocycles. The number of esters is 1. The Morgan fingerprint density at radius 3 is 2.68 bits per heavy atom. The highest BCUT2D eigenvalue weighted by Gasteiger charge is 2.30. The first-order valence-electron chi connectivity index (χ1n) is 10.9. The van der Waals surface area contributed by atoms with Crippen LogP contribution in [0.2, 0.25) is 0 Å². The third-order valence-electron chi connectivity index (χ3n) is 5.31. The van der Waals surface area contributed by atoms with E-state index in [4.69, 9.17) is 32.7 Å². The molecule has 1 heterocycles. The van der Waals surface area contributed by atoms with E-state index in [2.05, 4.69) is 16.6 Å². The van der Waals surface area contributed by atoms with Crippen molar-refractivity contribution >= 4 is 40.9 Å². The summed E-state index contributed by atoms with van der Waals surface area (Å²) in [5.74, 6) is 0.838. The molecule has 0 unspecified atom stereocenters. The summed E-state index contributed by atoms with van der Waals surface area (Å²) >= 11 is 14.2. The van der Waals surface area contributed by atoms with E-state index >= 15 is 0 Å². The molecule has 1 aromatic carbocycles. The Balaban J connectivity index is 1.94. The van der Waals surface area contributed by atoms with Crippen LogP contribution in [0.25, 0.3) is 0 Å². The zero-order valence-corrected chi connectivity index (χ0v) is 21.0. The molecule has 0 bridgehead atoms. The first-order chi connectivity index (χ1) is 16.3. The number of alkyl halides is 2. The van der Waals surface area contributed by atoms with E-state index in [1.54, 1.807) is 25.1 Å². The van der Waals surface area contributed by atoms with Crippen molar-refractivity contribution in [2.24, 2.45) is 5.92 Å². The monoisotopic (exact) mass is 533 g/mol. The highest BCUT2D eigenvalue weighted by molar-refractivity contribution is 8.00. The largest absolute Gasteiger partial charge is 0.489 e. The van der Waals surface area contributed by atoms with E-state index in [1.165, 1.54) is 23.9 Å². The molecule has 34 heavy (non-hydrogen) atoms. The quantitative estimate of drug-likeness (QED) is 0.243. The molecule has 5 nitrogen and oxygen atoms in total. The summed E-state index contributed by atoms with van der Waals surface area (Å²) in [6, 6.07) is 4.52. The van der Waals surface area contributed by atoms with Gasteiger partial charge in [0, 0.05) is 28.8 Å². The lowest BCUT2D eigenvalue weighted by Gasteiger charge is -2.23. The maximum absolute atomic E-state index is 12.9. The molecule has 186 valence electrons. The number of thioether (sulfide) groups is 1. The Labute approximate surface area is 212 Å². The average molecular weight is 534 g/mol. The topological polar surface area (TPSA) is 56.8 Å². The number of nitrogens with one attached hydrogen (secondary N) is 1. The molecule has 2 aliphatic rings. The number of benzene rings is 1. The summed E-state index contributed by atoms with van der Waals surface area (Å²) in [5, 5.41) is 3.30. The summed E-state index contributed by atoms with van der Waals surface area (Å²) < 4.78 is 42.2. The lowest BCUT2D eigenvalue weighted by Crippen LogP contribution is -2.31. The van der Waals surface area contributed by atoms with Crippen LogP contribution in [0.3, 0.4) is 0 Å². The standard InChI is InChI=1S/C24H27Cl2F2NO4S/c1-3-17(25)16(18(26)4-2)12-20(32-23(30)22-29-9-10-34-22)15-7-8-19(33-24(27)28)21(11-15)31-13-14-5-6-14/h3-4,7-8,11,14,20,22,24,29H,1,5-6,9-10,12-13H2,2H3/b17-16+,18-4+/t20-,22-/m0/s1. The fourth-order valence-corrected chi connectivity index (χ4v) is 4.63. The molecule has 1 saturated heterocycles. The van der Waals surface area contributed by atoms with Crippen molar-refractivity contribution in [3.8, 4) is 11.5 Å². The second-order valence-electron chi connectivity index (χ2n) is 7.84. The normalized spacial score (nSPS) is 20.1. The number of allylic oxidation sites excluding steroid dienone is 4. The smallest absolute Gasteiger partial charge is 0.387 e. The van der Waals surface area contributed by atoms with Gasteiger partial charge in [0.25, 0.3) is 0 Å². The number of hydrogen-bond donors (Lipinski definition) is 1. The van der Waals surface area contributed by atoms with Crippen molar-refractivity contribution in [3.63, 3.8) is 0 Å². The van der Waals surface area contributed by atoms with Gasteiger partial charge in [-0.3, -0.25) is 5.32 Å². The van der Waals surface area contributed by atoms with Crippen molar-refractivity contribution < 1.29 is 27.8 Å². The minimum Gasteiger partial charge on any atom is -0.489 e. The van der Waals surface area contributed by atoms with Crippen molar-refractivity contribution in [1.29, 1.82) is 0 Å². The molecule has 0 aromatic heterocycles. The molecule has 1 aromatic rings. The third kappa shape index (κ3) is 7.63. The number of ether oxygens (including phenoxy) is 3. The summed E-state index contributed by atoms with van der Waals surface area (Å²) in [5.41, 5.74) is 1.08. The van der Waals surface area contributed by atoms with E-state index in [9.17, 15) is 13.6 Å². The average Bonchev–Trinajstić information content (AvgIpc) is 3.49. The number of carbonyl (C=O) groups excluding carboxylic acids is 1. The lowest BCUT2D eigenvalue weighted by molar-refractivity contribution is -0.149. The molecule has 3 rings (SSSR count). The number of halogens is 4. The highest BCUT2D eigenvalue weighted by atomic mass is 35.5. The van der Waals surface area contributed by atoms with Gasteiger partial charge in [0.15, 0.2) is 16.9 Å². The summed E-state index contributed by atoms with van der Waals surface area (Å²) in [4.78, 5) is 12.8. The van der Waals surface area contributed by atoms with Crippen LogP contribution in [0.4, 0.5) is 8.78 Å². The van der Waals surface area contributed by atoms with E-state index in [0.717, 1.165) is 18.6 Å². The van der Waals surface area contributed by atoms with Gasteiger partial charge in [0.05, 0.1) is 6.61 Å². The Morgan fingerprint density at radius 1 is 1.32 bits per heavy atom. The van der Waals surface area contributed by atoms with Crippen LogP contribution < -0.4 is 14.8 Å². The van der Waals surface area contributed by atoms with Crippen LogP contribution in [0.15, 0.2) is 52.6 Å². The molecule has 2 atom stereocenters. The Morgan fingerprint density at radius 2 is 2.09 bits per heavy atom. The number of carbonyl (C=O) groups is 1. The third-order valence-corrected chi connectivity index (χ3v) is 7.28. The molecule has 2 fully saturated rings. The predicted octanol–water partition coefficient (Wildman–Crippen LogP) is 6.54. The van der Waals surface area contributed by atoms with E-state index in [-0.39, 0.29) is 17.9 Å². The lowest BCUT2D eigenvalue weighted by atomic mass is 9.99. The predicted molar refractivity (Wildman–Crippen MR) is 132 cm³/mol. The second-order valence-corrected chi connectivity index (χ2v) is 9.87. The molecule has 0 radical (unpaired) electrons.